The summed E-state index contributed by atoms with van der Waals surface area (Å²) in [5, 5.41) is 3.21. The van der Waals surface area contributed by atoms with Gasteiger partial charge in [0.2, 0.25) is 0 Å². The number of benzene rings is 1. The van der Waals surface area contributed by atoms with Crippen LogP contribution in [0.15, 0.2) is 18.5 Å². The first kappa shape index (κ1) is 14.3. The van der Waals surface area contributed by atoms with Crippen LogP contribution in [0.2, 0.25) is 0 Å². The van der Waals surface area contributed by atoms with E-state index >= 15 is 0 Å². The van der Waals surface area contributed by atoms with Crippen molar-refractivity contribution in [3.63, 3.8) is 0 Å². The largest absolute Gasteiger partial charge is 0.313 e. The molecule has 1 N–H and O–H groups in total. The van der Waals surface area contributed by atoms with E-state index in [1.165, 1.54) is 24.2 Å². The van der Waals surface area contributed by atoms with Crippen LogP contribution >= 0.6 is 0 Å². The van der Waals surface area contributed by atoms with Crippen LogP contribution in [0, 0.1) is 12.7 Å². The van der Waals surface area contributed by atoms with E-state index in [1.807, 2.05) is 26.4 Å². The van der Waals surface area contributed by atoms with Crippen molar-refractivity contribution in [3.8, 4) is 5.69 Å². The minimum absolute atomic E-state index is 0.0942. The first-order valence-electron chi connectivity index (χ1n) is 7.64. The molecule has 0 spiro atoms. The average molecular weight is 287 g/mol. The Labute approximate surface area is 125 Å². The first-order chi connectivity index (χ1) is 10.1. The quantitative estimate of drug-likeness (QED) is 0.936. The third kappa shape index (κ3) is 2.48. The highest BCUT2D eigenvalue weighted by Gasteiger charge is 2.20. The van der Waals surface area contributed by atoms with E-state index in [0.717, 1.165) is 24.1 Å². The number of rotatable bonds is 3. The predicted molar refractivity (Wildman–Crippen MR) is 82.4 cm³/mol. The van der Waals surface area contributed by atoms with Gasteiger partial charge >= 0.3 is 0 Å². The molecule has 0 bridgehead atoms. The van der Waals surface area contributed by atoms with Gasteiger partial charge in [-0.3, -0.25) is 0 Å². The zero-order valence-electron chi connectivity index (χ0n) is 12.9. The monoisotopic (exact) mass is 287 g/mol. The van der Waals surface area contributed by atoms with Crippen LogP contribution in [0.1, 0.15) is 48.3 Å². The molecule has 4 heteroatoms. The summed E-state index contributed by atoms with van der Waals surface area (Å²) in [5.41, 5.74) is 5.19. The van der Waals surface area contributed by atoms with Gasteiger partial charge in [-0.05, 0) is 69.8 Å². The molecule has 1 unspecified atom stereocenters. The Bertz CT molecular complexity index is 660. The Balaban J connectivity index is 2.17. The highest BCUT2D eigenvalue weighted by atomic mass is 19.1. The fraction of sp³-hybridized carbons (Fsp3) is 0.471. The van der Waals surface area contributed by atoms with E-state index in [0.29, 0.717) is 5.56 Å². The molecule has 1 aliphatic carbocycles. The molecule has 0 saturated carbocycles. The molecule has 21 heavy (non-hydrogen) atoms. The standard InChI is InChI=1S/C17H22FN3/c1-11-8-17(13(9-14(11)18)12(2)19-3)21-10-20-15-6-4-5-7-16(15)21/h8-10,12,19H,4-7H2,1-3H3. The van der Waals surface area contributed by atoms with Crippen LogP contribution < -0.4 is 5.32 Å². The second-order valence-corrected chi connectivity index (χ2v) is 5.89. The smallest absolute Gasteiger partial charge is 0.126 e. The third-order valence-corrected chi connectivity index (χ3v) is 4.50. The molecule has 0 fully saturated rings. The van der Waals surface area contributed by atoms with Gasteiger partial charge in [-0.25, -0.2) is 9.37 Å². The van der Waals surface area contributed by atoms with Gasteiger partial charge in [0.1, 0.15) is 5.82 Å². The molecular weight excluding hydrogens is 265 g/mol. The van der Waals surface area contributed by atoms with E-state index in [4.69, 9.17) is 0 Å². The Morgan fingerprint density at radius 3 is 2.81 bits per heavy atom. The fourth-order valence-corrected chi connectivity index (χ4v) is 3.07. The number of halogens is 1. The van der Waals surface area contributed by atoms with Crippen LogP contribution in [0.25, 0.3) is 5.69 Å². The Kier molecular flexibility index (Phi) is 3.81. The summed E-state index contributed by atoms with van der Waals surface area (Å²) in [6, 6.07) is 3.69. The van der Waals surface area contributed by atoms with Gasteiger partial charge < -0.3 is 9.88 Å². The second-order valence-electron chi connectivity index (χ2n) is 5.89. The van der Waals surface area contributed by atoms with Crippen molar-refractivity contribution in [2.75, 3.05) is 7.05 Å². The maximum Gasteiger partial charge on any atom is 0.126 e. The van der Waals surface area contributed by atoms with Crippen LogP contribution in [-0.4, -0.2) is 16.6 Å². The van der Waals surface area contributed by atoms with Crippen molar-refractivity contribution < 1.29 is 4.39 Å². The number of hydrogen-bond donors (Lipinski definition) is 1. The molecule has 1 heterocycles. The summed E-state index contributed by atoms with van der Waals surface area (Å²) < 4.78 is 16.1. The van der Waals surface area contributed by atoms with Crippen molar-refractivity contribution in [1.82, 2.24) is 14.9 Å². The number of aryl methyl sites for hydroxylation is 2. The lowest BCUT2D eigenvalue weighted by Gasteiger charge is -2.20. The van der Waals surface area contributed by atoms with Gasteiger partial charge in [0.15, 0.2) is 0 Å². The molecule has 1 aromatic carbocycles. The predicted octanol–water partition coefficient (Wildman–Crippen LogP) is 3.48. The molecule has 2 aromatic rings. The Morgan fingerprint density at radius 2 is 2.05 bits per heavy atom. The van der Waals surface area contributed by atoms with E-state index < -0.39 is 0 Å². The minimum atomic E-state index is -0.148. The lowest BCUT2D eigenvalue weighted by atomic mass is 9.99. The average Bonchev–Trinajstić information content (AvgIpc) is 2.92. The number of nitrogens with one attached hydrogen (secondary N) is 1. The third-order valence-electron chi connectivity index (χ3n) is 4.50. The van der Waals surface area contributed by atoms with Crippen molar-refractivity contribution >= 4 is 0 Å². The number of imidazole rings is 1. The van der Waals surface area contributed by atoms with E-state index in [2.05, 4.69) is 21.8 Å². The molecule has 0 saturated heterocycles. The van der Waals surface area contributed by atoms with Gasteiger partial charge in [0.05, 0.1) is 17.7 Å². The lowest BCUT2D eigenvalue weighted by Crippen LogP contribution is -2.17. The van der Waals surface area contributed by atoms with Crippen molar-refractivity contribution in [1.29, 1.82) is 0 Å². The topological polar surface area (TPSA) is 29.9 Å². The molecule has 112 valence electrons. The minimum Gasteiger partial charge on any atom is -0.313 e. The van der Waals surface area contributed by atoms with Crippen LogP contribution in [-0.2, 0) is 12.8 Å². The zero-order chi connectivity index (χ0) is 15.0. The molecule has 0 aliphatic heterocycles. The SMILES string of the molecule is CNC(C)c1cc(F)c(C)cc1-n1cnc2c1CCCC2. The molecule has 1 aliphatic rings. The summed E-state index contributed by atoms with van der Waals surface area (Å²) >= 11 is 0. The van der Waals surface area contributed by atoms with Gasteiger partial charge in [0.25, 0.3) is 0 Å². The number of aromatic nitrogens is 2. The maximum absolute atomic E-state index is 14.0. The van der Waals surface area contributed by atoms with Crippen LogP contribution in [0.4, 0.5) is 4.39 Å². The fourth-order valence-electron chi connectivity index (χ4n) is 3.07. The van der Waals surface area contributed by atoms with E-state index in [9.17, 15) is 4.39 Å². The number of hydrogen-bond acceptors (Lipinski definition) is 2. The molecule has 3 nitrogen and oxygen atoms in total. The highest BCUT2D eigenvalue weighted by Crippen LogP contribution is 2.29. The summed E-state index contributed by atoms with van der Waals surface area (Å²) in [6.07, 6.45) is 6.43. The van der Waals surface area contributed by atoms with Gasteiger partial charge in [-0.2, -0.15) is 0 Å². The maximum atomic E-state index is 14.0. The van der Waals surface area contributed by atoms with Crippen molar-refractivity contribution in [2.24, 2.45) is 0 Å². The molecule has 1 atom stereocenters. The molecule has 3 rings (SSSR count). The van der Waals surface area contributed by atoms with Crippen molar-refractivity contribution in [2.45, 2.75) is 45.6 Å². The van der Waals surface area contributed by atoms with E-state index in [1.54, 1.807) is 6.07 Å². The van der Waals surface area contributed by atoms with Crippen LogP contribution in [0.5, 0.6) is 0 Å². The number of fused-ring (bicyclic) bond motifs is 1. The summed E-state index contributed by atoms with van der Waals surface area (Å²) in [4.78, 5) is 4.56. The Morgan fingerprint density at radius 1 is 1.29 bits per heavy atom. The van der Waals surface area contributed by atoms with Crippen LogP contribution in [0.3, 0.4) is 0 Å². The summed E-state index contributed by atoms with van der Waals surface area (Å²) in [5.74, 6) is -0.148. The highest BCUT2D eigenvalue weighted by molar-refractivity contribution is 5.48. The van der Waals surface area contributed by atoms with Crippen molar-refractivity contribution in [3.05, 3.63) is 46.8 Å². The zero-order valence-corrected chi connectivity index (χ0v) is 12.9. The molecule has 0 radical (unpaired) electrons. The lowest BCUT2D eigenvalue weighted by molar-refractivity contribution is 0.597. The Hall–Kier alpha value is -1.68. The van der Waals surface area contributed by atoms with E-state index in [-0.39, 0.29) is 11.9 Å². The van der Waals surface area contributed by atoms with Gasteiger partial charge in [-0.15, -0.1) is 0 Å². The molecular formula is C17H22FN3. The summed E-state index contributed by atoms with van der Waals surface area (Å²) in [7, 11) is 1.90. The first-order valence-corrected chi connectivity index (χ1v) is 7.64. The normalized spacial score (nSPS) is 15.8. The van der Waals surface area contributed by atoms with Gasteiger partial charge in [0, 0.05) is 11.7 Å². The number of nitrogens with zero attached hydrogens (tertiary/aromatic N) is 2. The molecule has 0 amide bonds. The summed E-state index contributed by atoms with van der Waals surface area (Å²) in [6.45, 7) is 3.87. The van der Waals surface area contributed by atoms with Gasteiger partial charge in [-0.1, -0.05) is 0 Å². The molecule has 1 aromatic heterocycles. The second kappa shape index (κ2) is 5.60.